The third-order valence-electron chi connectivity index (χ3n) is 4.87. The third kappa shape index (κ3) is 1.92. The van der Waals surface area contributed by atoms with Crippen LogP contribution in [0.4, 0.5) is 5.82 Å². The van der Waals surface area contributed by atoms with E-state index in [-0.39, 0.29) is 5.56 Å². The summed E-state index contributed by atoms with van der Waals surface area (Å²) >= 11 is 0. The highest BCUT2D eigenvalue weighted by Crippen LogP contribution is 2.40. The molecule has 0 radical (unpaired) electrons. The van der Waals surface area contributed by atoms with Crippen molar-refractivity contribution in [2.24, 2.45) is 7.05 Å². The highest BCUT2D eigenvalue weighted by molar-refractivity contribution is 5.87. The van der Waals surface area contributed by atoms with Crippen LogP contribution in [0.2, 0.25) is 0 Å². The number of rotatable bonds is 2. The van der Waals surface area contributed by atoms with Crippen LogP contribution in [0.1, 0.15) is 35.8 Å². The van der Waals surface area contributed by atoms with E-state index < -0.39 is 0 Å². The Balaban J connectivity index is 1.60. The molecule has 0 amide bonds. The number of aryl methyl sites for hydroxylation is 1. The van der Waals surface area contributed by atoms with E-state index in [0.29, 0.717) is 12.5 Å². The van der Waals surface area contributed by atoms with E-state index in [1.807, 2.05) is 12.3 Å². The normalized spacial score (nSPS) is 17.7. The van der Waals surface area contributed by atoms with Crippen molar-refractivity contribution in [2.45, 2.75) is 31.7 Å². The van der Waals surface area contributed by atoms with E-state index in [4.69, 9.17) is 4.98 Å². The molecule has 23 heavy (non-hydrogen) atoms. The third-order valence-corrected chi connectivity index (χ3v) is 4.87. The molecular weight excluding hydrogens is 292 g/mol. The van der Waals surface area contributed by atoms with Gasteiger partial charge in [-0.2, -0.15) is 0 Å². The van der Waals surface area contributed by atoms with Gasteiger partial charge in [-0.3, -0.25) is 14.6 Å². The first-order chi connectivity index (χ1) is 11.2. The molecule has 7 heteroatoms. The number of hydrogen-bond acceptors (Lipinski definition) is 4. The van der Waals surface area contributed by atoms with Gasteiger partial charge in [0.2, 0.25) is 0 Å². The number of aromatic amines is 2. The van der Waals surface area contributed by atoms with E-state index in [1.54, 1.807) is 11.7 Å². The van der Waals surface area contributed by atoms with Gasteiger partial charge >= 0.3 is 0 Å². The summed E-state index contributed by atoms with van der Waals surface area (Å²) in [6, 6.07) is 2.03. The second-order valence-corrected chi connectivity index (χ2v) is 6.52. The molecular formula is C16H18N6O. The van der Waals surface area contributed by atoms with Crippen LogP contribution in [0.25, 0.3) is 11.0 Å². The van der Waals surface area contributed by atoms with E-state index in [9.17, 15) is 4.79 Å². The largest absolute Gasteiger partial charge is 0.350 e. The molecule has 2 aliphatic rings. The average molecular weight is 310 g/mol. The van der Waals surface area contributed by atoms with Crippen LogP contribution < -0.4 is 10.5 Å². The summed E-state index contributed by atoms with van der Waals surface area (Å²) in [6.07, 6.45) is 5.03. The molecule has 0 aromatic carbocycles. The van der Waals surface area contributed by atoms with Crippen LogP contribution >= 0.6 is 0 Å². The predicted octanol–water partition coefficient (Wildman–Crippen LogP) is 1.42. The first kappa shape index (κ1) is 12.9. The fourth-order valence-corrected chi connectivity index (χ4v) is 3.45. The van der Waals surface area contributed by atoms with Crippen LogP contribution in [-0.4, -0.2) is 31.3 Å². The maximum absolute atomic E-state index is 12.1. The van der Waals surface area contributed by atoms with Gasteiger partial charge in [-0.1, -0.05) is 0 Å². The fourth-order valence-electron chi connectivity index (χ4n) is 3.45. The summed E-state index contributed by atoms with van der Waals surface area (Å²) in [5, 5.41) is 4.22. The highest BCUT2D eigenvalue weighted by atomic mass is 16.1. The van der Waals surface area contributed by atoms with Crippen molar-refractivity contribution >= 4 is 16.9 Å². The summed E-state index contributed by atoms with van der Waals surface area (Å²) in [5.41, 5.74) is 2.90. The molecule has 4 heterocycles. The predicted molar refractivity (Wildman–Crippen MR) is 86.7 cm³/mol. The molecule has 1 aliphatic carbocycles. The Morgan fingerprint density at radius 3 is 3.00 bits per heavy atom. The molecule has 0 bridgehead atoms. The van der Waals surface area contributed by atoms with E-state index in [1.165, 1.54) is 12.8 Å². The average Bonchev–Trinajstić information content (AvgIpc) is 3.23. The van der Waals surface area contributed by atoms with E-state index >= 15 is 0 Å². The first-order valence-corrected chi connectivity index (χ1v) is 8.07. The van der Waals surface area contributed by atoms with Crippen molar-refractivity contribution < 1.29 is 0 Å². The zero-order valence-corrected chi connectivity index (χ0v) is 13.0. The number of nitrogens with one attached hydrogen (secondary N) is 2. The van der Waals surface area contributed by atoms with E-state index in [2.05, 4.69) is 20.0 Å². The van der Waals surface area contributed by atoms with Crippen molar-refractivity contribution in [1.29, 1.82) is 0 Å². The van der Waals surface area contributed by atoms with Crippen LogP contribution in [0.15, 0.2) is 17.1 Å². The Morgan fingerprint density at radius 2 is 2.17 bits per heavy atom. The topological polar surface area (TPSA) is 82.6 Å². The molecule has 3 aromatic heterocycles. The van der Waals surface area contributed by atoms with Gasteiger partial charge in [0, 0.05) is 31.3 Å². The number of fused-ring (bicyclic) bond motifs is 2. The van der Waals surface area contributed by atoms with Crippen LogP contribution in [-0.2, 0) is 20.0 Å². The van der Waals surface area contributed by atoms with Crippen LogP contribution in [0, 0.1) is 0 Å². The summed E-state index contributed by atoms with van der Waals surface area (Å²) < 4.78 is 1.57. The SMILES string of the molecule is Cn1[nH]c2c(c1=O)CCN(c1nc(C3CC3)nc3[nH]ccc13)C2. The molecule has 0 unspecified atom stereocenters. The number of anilines is 1. The maximum Gasteiger partial charge on any atom is 0.269 e. The maximum atomic E-state index is 12.1. The van der Waals surface area contributed by atoms with Gasteiger partial charge < -0.3 is 9.88 Å². The molecule has 1 saturated carbocycles. The summed E-state index contributed by atoms with van der Waals surface area (Å²) in [6.45, 7) is 1.49. The minimum absolute atomic E-state index is 0.0906. The Kier molecular flexibility index (Phi) is 2.51. The molecule has 0 spiro atoms. The Morgan fingerprint density at radius 1 is 1.30 bits per heavy atom. The zero-order chi connectivity index (χ0) is 15.6. The number of H-pyrrole nitrogens is 2. The molecule has 1 aliphatic heterocycles. The van der Waals surface area contributed by atoms with Crippen LogP contribution in [0.3, 0.4) is 0 Å². The number of nitrogens with zero attached hydrogens (tertiary/aromatic N) is 4. The molecule has 2 N–H and O–H groups in total. The van der Waals surface area contributed by atoms with Crippen molar-refractivity contribution in [2.75, 3.05) is 11.4 Å². The second kappa shape index (κ2) is 4.47. The van der Waals surface area contributed by atoms with E-state index in [0.717, 1.165) is 46.9 Å². The molecule has 1 fully saturated rings. The zero-order valence-electron chi connectivity index (χ0n) is 13.0. The first-order valence-electron chi connectivity index (χ1n) is 8.07. The highest BCUT2D eigenvalue weighted by Gasteiger charge is 2.30. The fraction of sp³-hybridized carbons (Fsp3) is 0.438. The lowest BCUT2D eigenvalue weighted by Gasteiger charge is -2.28. The minimum Gasteiger partial charge on any atom is -0.350 e. The molecule has 3 aromatic rings. The minimum atomic E-state index is 0.0906. The molecule has 118 valence electrons. The van der Waals surface area contributed by atoms with Crippen molar-refractivity contribution in [1.82, 2.24) is 24.7 Å². The van der Waals surface area contributed by atoms with Gasteiger partial charge in [0.05, 0.1) is 17.6 Å². The number of aromatic nitrogens is 5. The lowest BCUT2D eigenvalue weighted by Crippen LogP contribution is -2.33. The Bertz CT molecular complexity index is 961. The molecule has 5 rings (SSSR count). The van der Waals surface area contributed by atoms with Gasteiger partial charge in [-0.05, 0) is 25.3 Å². The number of hydrogen-bond donors (Lipinski definition) is 2. The summed E-state index contributed by atoms with van der Waals surface area (Å²) in [5.74, 6) is 2.44. The van der Waals surface area contributed by atoms with Gasteiger partial charge in [-0.15, -0.1) is 0 Å². The molecule has 0 saturated heterocycles. The lowest BCUT2D eigenvalue weighted by molar-refractivity contribution is 0.685. The monoisotopic (exact) mass is 310 g/mol. The second-order valence-electron chi connectivity index (χ2n) is 6.52. The lowest BCUT2D eigenvalue weighted by atomic mass is 10.1. The summed E-state index contributed by atoms with van der Waals surface area (Å²) in [7, 11) is 1.77. The van der Waals surface area contributed by atoms with Gasteiger partial charge in [0.25, 0.3) is 5.56 Å². The van der Waals surface area contributed by atoms with Gasteiger partial charge in [0.1, 0.15) is 17.3 Å². The smallest absolute Gasteiger partial charge is 0.269 e. The molecule has 7 nitrogen and oxygen atoms in total. The van der Waals surface area contributed by atoms with Gasteiger partial charge in [0.15, 0.2) is 0 Å². The summed E-state index contributed by atoms with van der Waals surface area (Å²) in [4.78, 5) is 27.0. The quantitative estimate of drug-likeness (QED) is 0.750. The van der Waals surface area contributed by atoms with Crippen molar-refractivity contribution in [3.05, 3.63) is 39.7 Å². The van der Waals surface area contributed by atoms with Gasteiger partial charge in [-0.25, -0.2) is 9.97 Å². The Hall–Kier alpha value is -2.57. The van der Waals surface area contributed by atoms with Crippen molar-refractivity contribution in [3.63, 3.8) is 0 Å². The molecule has 0 atom stereocenters. The Labute approximate surface area is 132 Å². The van der Waals surface area contributed by atoms with Crippen molar-refractivity contribution in [3.8, 4) is 0 Å². The standard InChI is InChI=1S/C16H18N6O/c1-21-16(23)10-5-7-22(8-12(10)20-21)15-11-4-6-17-14(11)18-13(19-15)9-2-3-9/h4,6,9,20H,2-3,5,7-8H2,1H3,(H,17,18,19). The van der Waals surface area contributed by atoms with Crippen LogP contribution in [0.5, 0.6) is 0 Å².